The lowest BCUT2D eigenvalue weighted by molar-refractivity contribution is 0.0730. The summed E-state index contributed by atoms with van der Waals surface area (Å²) in [4.78, 5) is 14.7. The third-order valence-electron chi connectivity index (χ3n) is 3.68. The Labute approximate surface area is 137 Å². The van der Waals surface area contributed by atoms with Crippen molar-refractivity contribution in [2.75, 3.05) is 13.7 Å². The average molecular weight is 315 g/mol. The summed E-state index contributed by atoms with van der Waals surface area (Å²) in [6, 6.07) is 9.64. The number of nitrogens with zero attached hydrogens (tertiary/aromatic N) is 3. The predicted octanol–water partition coefficient (Wildman–Crippen LogP) is 3.35. The van der Waals surface area contributed by atoms with E-state index >= 15 is 0 Å². The molecule has 1 heterocycles. The van der Waals surface area contributed by atoms with Crippen molar-refractivity contribution in [1.29, 1.82) is 0 Å². The minimum atomic E-state index is 0.0358. The Hall–Kier alpha value is -2.30. The van der Waals surface area contributed by atoms with Crippen molar-refractivity contribution < 1.29 is 9.53 Å². The van der Waals surface area contributed by atoms with Gasteiger partial charge in [0.15, 0.2) is 0 Å². The van der Waals surface area contributed by atoms with Gasteiger partial charge in [-0.25, -0.2) is 0 Å². The predicted molar refractivity (Wildman–Crippen MR) is 90.5 cm³/mol. The van der Waals surface area contributed by atoms with Gasteiger partial charge in [0, 0.05) is 25.8 Å². The molecule has 0 aliphatic heterocycles. The van der Waals surface area contributed by atoms with Gasteiger partial charge in [0.05, 0.1) is 7.11 Å². The van der Waals surface area contributed by atoms with Crippen molar-refractivity contribution in [2.24, 2.45) is 0 Å². The van der Waals surface area contributed by atoms with Crippen molar-refractivity contribution in [3.63, 3.8) is 0 Å². The van der Waals surface area contributed by atoms with Gasteiger partial charge in [-0.1, -0.05) is 26.0 Å². The summed E-state index contributed by atoms with van der Waals surface area (Å²) >= 11 is 0. The van der Waals surface area contributed by atoms with Gasteiger partial charge in [-0.3, -0.25) is 9.48 Å². The van der Waals surface area contributed by atoms with Crippen LogP contribution in [-0.2, 0) is 13.1 Å². The number of methoxy groups -OCH3 is 1. The first-order chi connectivity index (χ1) is 11.2. The van der Waals surface area contributed by atoms with E-state index in [0.717, 1.165) is 37.2 Å². The fraction of sp³-hybridized carbons (Fsp3) is 0.444. The van der Waals surface area contributed by atoms with Crippen LogP contribution in [0.5, 0.6) is 5.75 Å². The molecule has 1 amide bonds. The molecule has 1 aromatic carbocycles. The Bertz CT molecular complexity index is 619. The number of carbonyl (C=O) groups excluding carboxylic acids is 1. The van der Waals surface area contributed by atoms with E-state index in [1.165, 1.54) is 0 Å². The first-order valence-corrected chi connectivity index (χ1v) is 8.13. The van der Waals surface area contributed by atoms with Crippen molar-refractivity contribution in [3.05, 3.63) is 47.8 Å². The van der Waals surface area contributed by atoms with Crippen LogP contribution in [0.4, 0.5) is 0 Å². The average Bonchev–Trinajstić information content (AvgIpc) is 3.03. The number of amides is 1. The highest BCUT2D eigenvalue weighted by atomic mass is 16.5. The fourth-order valence-corrected chi connectivity index (χ4v) is 2.54. The molecule has 0 radical (unpaired) electrons. The second-order valence-corrected chi connectivity index (χ2v) is 5.51. The van der Waals surface area contributed by atoms with Crippen LogP contribution in [0, 0.1) is 0 Å². The number of aryl methyl sites for hydroxylation is 1. The van der Waals surface area contributed by atoms with Gasteiger partial charge in [0.25, 0.3) is 5.91 Å². The normalized spacial score (nSPS) is 10.6. The molecule has 5 heteroatoms. The minimum Gasteiger partial charge on any atom is -0.497 e. The number of hydrogen-bond donors (Lipinski definition) is 0. The summed E-state index contributed by atoms with van der Waals surface area (Å²) < 4.78 is 6.97. The third kappa shape index (κ3) is 4.34. The van der Waals surface area contributed by atoms with E-state index in [2.05, 4.69) is 18.9 Å². The maximum atomic E-state index is 12.9. The molecule has 0 saturated carbocycles. The Morgan fingerprint density at radius 3 is 2.52 bits per heavy atom. The van der Waals surface area contributed by atoms with Crippen molar-refractivity contribution in [2.45, 2.75) is 39.8 Å². The maximum Gasteiger partial charge on any atom is 0.272 e. The molecular formula is C18H25N3O2. The summed E-state index contributed by atoms with van der Waals surface area (Å²) in [6.45, 7) is 6.24. The second kappa shape index (κ2) is 8.36. The molecule has 0 fully saturated rings. The van der Waals surface area contributed by atoms with Crippen molar-refractivity contribution in [3.8, 4) is 5.75 Å². The van der Waals surface area contributed by atoms with Crippen molar-refractivity contribution >= 4 is 5.91 Å². The van der Waals surface area contributed by atoms with E-state index in [1.807, 2.05) is 29.2 Å². The zero-order valence-corrected chi connectivity index (χ0v) is 14.2. The molecule has 124 valence electrons. The van der Waals surface area contributed by atoms with Gasteiger partial charge < -0.3 is 9.64 Å². The standard InChI is InChI=1S/C18H25N3O2/c1-4-12-20(14-15-6-8-16(23-3)9-7-15)18(22)17-10-11-19-21(17)13-5-2/h6-11H,4-5,12-14H2,1-3H3. The Morgan fingerprint density at radius 1 is 1.17 bits per heavy atom. The number of hydrogen-bond acceptors (Lipinski definition) is 3. The number of carbonyl (C=O) groups is 1. The van der Waals surface area contributed by atoms with E-state index in [4.69, 9.17) is 4.74 Å². The van der Waals surface area contributed by atoms with Crippen molar-refractivity contribution in [1.82, 2.24) is 14.7 Å². The summed E-state index contributed by atoms with van der Waals surface area (Å²) in [5.41, 5.74) is 1.75. The van der Waals surface area contributed by atoms with E-state index in [-0.39, 0.29) is 5.91 Å². The zero-order chi connectivity index (χ0) is 16.7. The lowest BCUT2D eigenvalue weighted by Crippen LogP contribution is -2.33. The number of ether oxygens (including phenoxy) is 1. The molecular weight excluding hydrogens is 290 g/mol. The Kier molecular flexibility index (Phi) is 6.20. The summed E-state index contributed by atoms with van der Waals surface area (Å²) in [6.07, 6.45) is 3.57. The molecule has 2 aromatic rings. The molecule has 23 heavy (non-hydrogen) atoms. The topological polar surface area (TPSA) is 47.4 Å². The third-order valence-corrected chi connectivity index (χ3v) is 3.68. The van der Waals surface area contributed by atoms with Gasteiger partial charge in [-0.05, 0) is 36.6 Å². The first kappa shape index (κ1) is 17.1. The van der Waals surface area contributed by atoms with Crippen LogP contribution in [0.2, 0.25) is 0 Å². The highest BCUT2D eigenvalue weighted by molar-refractivity contribution is 5.92. The van der Waals surface area contributed by atoms with Gasteiger partial charge in [-0.2, -0.15) is 5.10 Å². The first-order valence-electron chi connectivity index (χ1n) is 8.13. The van der Waals surface area contributed by atoms with Crippen LogP contribution in [-0.4, -0.2) is 34.2 Å². The molecule has 0 unspecified atom stereocenters. The molecule has 1 aromatic heterocycles. The number of benzene rings is 1. The van der Waals surface area contributed by atoms with Crippen LogP contribution >= 0.6 is 0 Å². The zero-order valence-electron chi connectivity index (χ0n) is 14.2. The summed E-state index contributed by atoms with van der Waals surface area (Å²) in [5, 5.41) is 4.25. The Balaban J connectivity index is 2.15. The van der Waals surface area contributed by atoms with Crippen LogP contribution in [0.3, 0.4) is 0 Å². The second-order valence-electron chi connectivity index (χ2n) is 5.51. The van der Waals surface area contributed by atoms with E-state index in [1.54, 1.807) is 24.1 Å². The van der Waals surface area contributed by atoms with Gasteiger partial charge in [0.2, 0.25) is 0 Å². The van der Waals surface area contributed by atoms with Crippen LogP contribution < -0.4 is 4.74 Å². The maximum absolute atomic E-state index is 12.9. The van der Waals surface area contributed by atoms with Crippen LogP contribution in [0.25, 0.3) is 0 Å². The largest absolute Gasteiger partial charge is 0.497 e. The van der Waals surface area contributed by atoms with E-state index < -0.39 is 0 Å². The molecule has 0 aliphatic rings. The molecule has 0 bridgehead atoms. The molecule has 0 atom stereocenters. The molecule has 5 nitrogen and oxygen atoms in total. The Morgan fingerprint density at radius 2 is 1.91 bits per heavy atom. The summed E-state index contributed by atoms with van der Waals surface area (Å²) in [7, 11) is 1.65. The highest BCUT2D eigenvalue weighted by Gasteiger charge is 2.19. The lowest BCUT2D eigenvalue weighted by atomic mass is 10.2. The van der Waals surface area contributed by atoms with E-state index in [0.29, 0.717) is 12.2 Å². The molecule has 0 saturated heterocycles. The lowest BCUT2D eigenvalue weighted by Gasteiger charge is -2.22. The summed E-state index contributed by atoms with van der Waals surface area (Å²) in [5.74, 6) is 0.858. The molecule has 0 N–H and O–H groups in total. The minimum absolute atomic E-state index is 0.0358. The number of rotatable bonds is 8. The SMILES string of the molecule is CCCN(Cc1ccc(OC)cc1)C(=O)c1ccnn1CCC. The molecule has 0 aliphatic carbocycles. The van der Waals surface area contributed by atoms with Crippen LogP contribution in [0.1, 0.15) is 42.7 Å². The monoisotopic (exact) mass is 315 g/mol. The molecule has 2 rings (SSSR count). The van der Waals surface area contributed by atoms with Crippen LogP contribution in [0.15, 0.2) is 36.5 Å². The smallest absolute Gasteiger partial charge is 0.272 e. The fourth-order valence-electron chi connectivity index (χ4n) is 2.54. The quantitative estimate of drug-likeness (QED) is 0.750. The highest BCUT2D eigenvalue weighted by Crippen LogP contribution is 2.15. The van der Waals surface area contributed by atoms with Gasteiger partial charge in [0.1, 0.15) is 11.4 Å². The molecule has 0 spiro atoms. The van der Waals surface area contributed by atoms with E-state index in [9.17, 15) is 4.79 Å². The van der Waals surface area contributed by atoms with Gasteiger partial charge >= 0.3 is 0 Å². The van der Waals surface area contributed by atoms with Gasteiger partial charge in [-0.15, -0.1) is 0 Å². The number of aromatic nitrogens is 2.